The van der Waals surface area contributed by atoms with Gasteiger partial charge in [0.25, 0.3) is 0 Å². The van der Waals surface area contributed by atoms with Crippen molar-refractivity contribution >= 4 is 33.8 Å². The van der Waals surface area contributed by atoms with Gasteiger partial charge in [-0.05, 0) is 31.2 Å². The molecule has 0 aliphatic rings. The van der Waals surface area contributed by atoms with E-state index in [2.05, 4.69) is 4.98 Å². The Kier molecular flexibility index (Phi) is 15.3. The zero-order chi connectivity index (χ0) is 55.3. The number of rotatable bonds is 7. The van der Waals surface area contributed by atoms with Crippen LogP contribution in [-0.4, -0.2) is 16.9 Å². The quantitative estimate of drug-likeness (QED) is 0.0691. The van der Waals surface area contributed by atoms with Crippen LogP contribution in [0.15, 0.2) is 122 Å². The van der Waals surface area contributed by atoms with Crippen molar-refractivity contribution in [2.24, 2.45) is 0 Å². The summed E-state index contributed by atoms with van der Waals surface area (Å²) >= 11 is 0. The average Bonchev–Trinajstić information content (AvgIpc) is 3.25. The monoisotopic (exact) mass is 1080 g/mol. The van der Waals surface area contributed by atoms with Gasteiger partial charge in [0.15, 0.2) is 12.4 Å². The van der Waals surface area contributed by atoms with E-state index < -0.39 is 195 Å². The first kappa shape index (κ1) is 57.1. The maximum absolute atomic E-state index is 14.2. The Morgan fingerprint density at radius 1 is 0.384 bits per heavy atom. The van der Waals surface area contributed by atoms with Crippen molar-refractivity contribution in [2.45, 2.75) is 62.9 Å². The van der Waals surface area contributed by atoms with Crippen molar-refractivity contribution in [1.82, 2.24) is 4.98 Å². The van der Waals surface area contributed by atoms with Crippen LogP contribution in [0.3, 0.4) is 0 Å². The number of halogens is 24. The van der Waals surface area contributed by atoms with Crippen molar-refractivity contribution in [1.29, 1.82) is 0 Å². The van der Waals surface area contributed by atoms with Crippen molar-refractivity contribution in [3.05, 3.63) is 177 Å². The number of ketones is 1. The fourth-order valence-corrected chi connectivity index (χ4v) is 7.52. The Bertz CT molecular complexity index is 2510. The fourth-order valence-electron chi connectivity index (χ4n) is 7.52. The van der Waals surface area contributed by atoms with E-state index in [0.29, 0.717) is 6.54 Å². The maximum Gasteiger partial charge on any atom is 0.416 e. The van der Waals surface area contributed by atoms with Crippen molar-refractivity contribution in [2.75, 3.05) is 0 Å². The molecule has 0 spiro atoms. The van der Waals surface area contributed by atoms with Gasteiger partial charge in [0, 0.05) is 5.56 Å². The predicted molar refractivity (Wildman–Crippen MR) is 210 cm³/mol. The van der Waals surface area contributed by atoms with Crippen LogP contribution >= 0.6 is 0 Å². The Morgan fingerprint density at radius 3 is 0.808 bits per heavy atom. The third-order valence-electron chi connectivity index (χ3n) is 10.8. The molecule has 0 bridgehead atoms. The lowest BCUT2D eigenvalue weighted by atomic mass is 9.12. The molecule has 6 aromatic rings. The summed E-state index contributed by atoms with van der Waals surface area (Å²) in [5, 5.41) is 0. The van der Waals surface area contributed by atoms with E-state index in [4.69, 9.17) is 0 Å². The zero-order valence-electron chi connectivity index (χ0n) is 35.7. The molecule has 0 N–H and O–H groups in total. The van der Waals surface area contributed by atoms with E-state index in [1.54, 1.807) is 24.8 Å². The number of hydrogen-bond donors (Lipinski definition) is 0. The molecule has 1 aromatic heterocycles. The standard InChI is InChI=1S/C32H12BF24.C13H13N2O/c34-25(35,36)13-1-14(26(37,38)39)6-21(5-13)33(22-7-15(27(40,41)42)2-16(8-22)28(43,44)45,23-9-17(29(46,47)48)3-18(10-23)30(49,50)51)24-11-19(31(52,53)54)4-20(12-24)32(55,56)57;1-11-2-4-12(5-3-11)13(16)10-15-8-6-14-7-9-15/h1-12H;2-9H,10H2,1H3/q-1;+1. The van der Waals surface area contributed by atoms with Gasteiger partial charge in [0.05, 0.1) is 56.9 Å². The number of hydrogen-bond acceptors (Lipinski definition) is 2. The van der Waals surface area contributed by atoms with Gasteiger partial charge in [-0.25, -0.2) is 0 Å². The minimum atomic E-state index is -6.13. The lowest BCUT2D eigenvalue weighted by molar-refractivity contribution is -0.683. The highest BCUT2D eigenvalue weighted by atomic mass is 19.4. The molecule has 0 aliphatic carbocycles. The van der Waals surface area contributed by atoms with Crippen LogP contribution in [0, 0.1) is 6.92 Å². The molecule has 5 aromatic carbocycles. The minimum Gasteiger partial charge on any atom is -0.287 e. The van der Waals surface area contributed by atoms with E-state index in [9.17, 15) is 110 Å². The lowest BCUT2D eigenvalue weighted by Gasteiger charge is -2.46. The summed E-state index contributed by atoms with van der Waals surface area (Å²) in [6.45, 7) is 2.36. The highest BCUT2D eigenvalue weighted by molar-refractivity contribution is 7.20. The summed E-state index contributed by atoms with van der Waals surface area (Å²) in [7, 11) is 0. The zero-order valence-corrected chi connectivity index (χ0v) is 35.7. The smallest absolute Gasteiger partial charge is 0.287 e. The second kappa shape index (κ2) is 19.6. The van der Waals surface area contributed by atoms with Crippen LogP contribution in [-0.2, 0) is 56.0 Å². The van der Waals surface area contributed by atoms with Gasteiger partial charge < -0.3 is 0 Å². The molecule has 3 nitrogen and oxygen atoms in total. The Hall–Kier alpha value is -6.77. The summed E-state index contributed by atoms with van der Waals surface area (Å²) in [4.78, 5) is 15.8. The van der Waals surface area contributed by atoms with Gasteiger partial charge in [-0.3, -0.25) is 9.78 Å². The van der Waals surface area contributed by atoms with Crippen molar-refractivity contribution < 1.29 is 115 Å². The number of nitrogens with zero attached hydrogens (tertiary/aromatic N) is 2. The van der Waals surface area contributed by atoms with Crippen LogP contribution in [0.1, 0.15) is 60.4 Å². The second-order valence-electron chi connectivity index (χ2n) is 15.9. The lowest BCUT2D eigenvalue weighted by Crippen LogP contribution is -2.75. The van der Waals surface area contributed by atoms with E-state index >= 15 is 0 Å². The highest BCUT2D eigenvalue weighted by Crippen LogP contribution is 2.41. The van der Waals surface area contributed by atoms with Gasteiger partial charge in [0.1, 0.15) is 6.15 Å². The van der Waals surface area contributed by atoms with Gasteiger partial charge in [0.2, 0.25) is 12.3 Å². The third-order valence-corrected chi connectivity index (χ3v) is 10.8. The number of carbonyl (C=O) groups excluding carboxylic acids is 1. The molecule has 73 heavy (non-hydrogen) atoms. The van der Waals surface area contributed by atoms with E-state index in [0.717, 1.165) is 11.1 Å². The first-order valence-electron chi connectivity index (χ1n) is 19.8. The number of carbonyl (C=O) groups is 1. The SMILES string of the molecule is Cc1ccc(C(=O)C[n+]2ccncc2)cc1.FC(F)(F)c1cc([B-](c2cc(C(F)(F)F)cc(C(F)(F)F)c2)(c2cc(C(F)(F)F)cc(C(F)(F)F)c2)c2cc(C(F)(F)F)cc(C(F)(F)F)c2)cc(C(F)(F)F)c1. The third kappa shape index (κ3) is 13.5. The summed E-state index contributed by atoms with van der Waals surface area (Å²) < 4.78 is 343. The van der Waals surface area contributed by atoms with Crippen LogP contribution in [0.5, 0.6) is 0 Å². The Labute approximate surface area is 393 Å². The van der Waals surface area contributed by atoms with Crippen molar-refractivity contribution in [3.63, 3.8) is 0 Å². The molecule has 0 radical (unpaired) electrons. The molecule has 392 valence electrons. The molecule has 6 rings (SSSR count). The molecule has 28 heteroatoms. The molecule has 0 saturated heterocycles. The van der Waals surface area contributed by atoms with Crippen LogP contribution < -0.4 is 26.4 Å². The maximum atomic E-state index is 14.2. The molecule has 0 fully saturated rings. The van der Waals surface area contributed by atoms with Crippen LogP contribution in [0.25, 0.3) is 0 Å². The summed E-state index contributed by atoms with van der Waals surface area (Å²) in [6, 6.07) is -1.19. The largest absolute Gasteiger partial charge is 0.416 e. The summed E-state index contributed by atoms with van der Waals surface area (Å²) in [5.41, 5.74) is -28.3. The summed E-state index contributed by atoms with van der Waals surface area (Å²) in [5.74, 6) is 0.108. The molecule has 0 atom stereocenters. The van der Waals surface area contributed by atoms with Gasteiger partial charge >= 0.3 is 49.4 Å². The number of aryl methyl sites for hydroxylation is 1. The second-order valence-corrected chi connectivity index (χ2v) is 15.9. The normalized spacial score (nSPS) is 13.4. The molecule has 0 amide bonds. The molecule has 1 heterocycles. The molecular formula is C45H25BF24N2O. The number of Topliss-reactive ketones (excluding diaryl/α,β-unsaturated/α-hetero) is 1. The summed E-state index contributed by atoms with van der Waals surface area (Å²) in [6.07, 6.45) is -47.9. The topological polar surface area (TPSA) is 33.8 Å². The average molecular weight is 1080 g/mol. The van der Waals surface area contributed by atoms with Gasteiger partial charge in [-0.2, -0.15) is 132 Å². The molecule has 0 unspecified atom stereocenters. The Balaban J connectivity index is 0.000000520. The number of alkyl halides is 24. The predicted octanol–water partition coefficient (Wildman–Crippen LogP) is 12.8. The van der Waals surface area contributed by atoms with E-state index in [-0.39, 0.29) is 5.78 Å². The molecule has 0 saturated carbocycles. The number of aromatic nitrogens is 2. The Morgan fingerprint density at radius 2 is 0.603 bits per heavy atom. The first-order valence-corrected chi connectivity index (χ1v) is 19.8. The van der Waals surface area contributed by atoms with Crippen molar-refractivity contribution in [3.8, 4) is 0 Å². The fraction of sp³-hybridized carbons (Fsp3) is 0.222. The first-order chi connectivity index (χ1) is 33.0. The van der Waals surface area contributed by atoms with E-state index in [1.165, 1.54) is 0 Å². The van der Waals surface area contributed by atoms with Crippen LogP contribution in [0.2, 0.25) is 0 Å². The van der Waals surface area contributed by atoms with Crippen LogP contribution in [0.4, 0.5) is 105 Å². The molecule has 0 aliphatic heterocycles. The molecular weight excluding hydrogens is 1050 g/mol. The van der Waals surface area contributed by atoms with E-state index in [1.807, 2.05) is 35.8 Å². The minimum absolute atomic E-state index is 0.108. The number of benzene rings is 5. The highest BCUT2D eigenvalue weighted by Gasteiger charge is 2.47. The van der Waals surface area contributed by atoms with Gasteiger partial charge in [-0.15, -0.1) is 0 Å². The van der Waals surface area contributed by atoms with Gasteiger partial charge in [-0.1, -0.05) is 78.4 Å².